The molecular weight excluding hydrogens is 883 g/mol. The molecule has 0 unspecified atom stereocenters. The number of anilines is 1. The fourth-order valence-corrected chi connectivity index (χ4v) is 8.69. The summed E-state index contributed by atoms with van der Waals surface area (Å²) >= 11 is 18.0. The third-order valence-electron chi connectivity index (χ3n) is 7.39. The molecule has 0 saturated carbocycles. The zero-order chi connectivity index (χ0) is 33.2. The maximum Gasteiger partial charge on any atom is 0.271 e. The molecule has 0 bridgehead atoms. The van der Waals surface area contributed by atoms with Gasteiger partial charge in [0.05, 0.1) is 46.1 Å². The molecule has 6 rings (SSSR count). The molecule has 4 aromatic carbocycles. The van der Waals surface area contributed by atoms with E-state index >= 15 is 0 Å². The fraction of sp³-hybridized carbons (Fsp3) is 0.114. The molecule has 238 valence electrons. The smallest absolute Gasteiger partial charge is 0.271 e. The molecule has 47 heavy (non-hydrogen) atoms. The normalized spacial score (nSPS) is 14.4. The average molecular weight is 908 g/mol. The second kappa shape index (κ2) is 14.5. The van der Waals surface area contributed by atoms with Gasteiger partial charge in [0.2, 0.25) is 0 Å². The number of thiazole rings is 1. The Morgan fingerprint density at radius 2 is 1.74 bits per heavy atom. The molecular formula is C35H25Cl2I2N3O4S. The van der Waals surface area contributed by atoms with Gasteiger partial charge in [-0.3, -0.25) is 14.2 Å². The number of allylic oxidation sites excluding steroid dienone is 1. The maximum absolute atomic E-state index is 14.2. The minimum absolute atomic E-state index is 0.246. The van der Waals surface area contributed by atoms with Gasteiger partial charge in [0.25, 0.3) is 11.5 Å². The van der Waals surface area contributed by atoms with Crippen LogP contribution in [0.5, 0.6) is 11.5 Å². The number of hydrogen-bond donors (Lipinski definition) is 1. The van der Waals surface area contributed by atoms with Crippen LogP contribution in [-0.2, 0) is 11.4 Å². The van der Waals surface area contributed by atoms with Crippen molar-refractivity contribution in [2.24, 2.45) is 4.99 Å². The summed E-state index contributed by atoms with van der Waals surface area (Å²) in [5.74, 6) is 1.02. The number of halogens is 4. The zero-order valence-electron chi connectivity index (χ0n) is 24.9. The van der Waals surface area contributed by atoms with E-state index < -0.39 is 6.04 Å². The Balaban J connectivity index is 1.39. The van der Waals surface area contributed by atoms with Crippen molar-refractivity contribution in [1.82, 2.24) is 4.57 Å². The summed E-state index contributed by atoms with van der Waals surface area (Å²) in [5, 5.41) is 3.94. The summed E-state index contributed by atoms with van der Waals surface area (Å²) < 4.78 is 15.5. The molecule has 0 aliphatic carbocycles. The number of amides is 1. The number of aromatic nitrogens is 1. The SMILES string of the molecule is COc1cccc([C@@H]2C(C(=O)Nc3ccccc3)=C(C)N=c3s/c(=C\c4cc(I)c(OCc5ccc(Cl)c(Cl)c5)c(I)c4)c(=O)n32)c1. The number of nitrogens with one attached hydrogen (secondary N) is 1. The summed E-state index contributed by atoms with van der Waals surface area (Å²) in [6.45, 7) is 2.12. The van der Waals surface area contributed by atoms with Crippen LogP contribution in [0.4, 0.5) is 5.69 Å². The van der Waals surface area contributed by atoms with Crippen LogP contribution in [0.15, 0.2) is 106 Å². The predicted molar refractivity (Wildman–Crippen MR) is 205 cm³/mol. The minimum Gasteiger partial charge on any atom is -0.497 e. The van der Waals surface area contributed by atoms with Crippen LogP contribution in [0.2, 0.25) is 10.0 Å². The monoisotopic (exact) mass is 907 g/mol. The first-order chi connectivity index (χ1) is 22.6. The number of nitrogens with zero attached hydrogens (tertiary/aromatic N) is 2. The molecule has 0 saturated heterocycles. The van der Waals surface area contributed by atoms with E-state index in [4.69, 9.17) is 37.7 Å². The lowest BCUT2D eigenvalue weighted by molar-refractivity contribution is -0.113. The molecule has 0 fully saturated rings. The van der Waals surface area contributed by atoms with Gasteiger partial charge in [0.15, 0.2) is 4.80 Å². The molecule has 12 heteroatoms. The lowest BCUT2D eigenvalue weighted by Crippen LogP contribution is -2.40. The van der Waals surface area contributed by atoms with Crippen LogP contribution in [0.1, 0.15) is 29.7 Å². The number of fused-ring (bicyclic) bond motifs is 1. The highest BCUT2D eigenvalue weighted by Gasteiger charge is 2.33. The first kappa shape index (κ1) is 33.7. The maximum atomic E-state index is 14.2. The zero-order valence-corrected chi connectivity index (χ0v) is 31.5. The van der Waals surface area contributed by atoms with Crippen molar-refractivity contribution >= 4 is 97.4 Å². The molecule has 2 heterocycles. The Hall–Kier alpha value is -3.17. The van der Waals surface area contributed by atoms with Gasteiger partial charge in [0, 0.05) is 5.69 Å². The quantitative estimate of drug-likeness (QED) is 0.160. The van der Waals surface area contributed by atoms with E-state index in [1.165, 1.54) is 11.3 Å². The van der Waals surface area contributed by atoms with Crippen molar-refractivity contribution in [1.29, 1.82) is 0 Å². The Morgan fingerprint density at radius 3 is 2.45 bits per heavy atom. The number of benzene rings is 4. The Morgan fingerprint density at radius 1 is 1.00 bits per heavy atom. The molecule has 1 N–H and O–H groups in total. The number of carbonyl (C=O) groups excluding carboxylic acids is 1. The molecule has 7 nitrogen and oxygen atoms in total. The van der Waals surface area contributed by atoms with Gasteiger partial charge in [-0.25, -0.2) is 4.99 Å². The topological polar surface area (TPSA) is 81.9 Å². The summed E-state index contributed by atoms with van der Waals surface area (Å²) in [4.78, 5) is 33.3. The van der Waals surface area contributed by atoms with E-state index in [1.807, 2.05) is 78.9 Å². The van der Waals surface area contributed by atoms with Crippen LogP contribution >= 0.6 is 79.7 Å². The second-order valence-corrected chi connectivity index (χ2v) is 14.7. The van der Waals surface area contributed by atoms with Crippen LogP contribution in [0, 0.1) is 7.14 Å². The van der Waals surface area contributed by atoms with E-state index in [-0.39, 0.29) is 11.5 Å². The van der Waals surface area contributed by atoms with Gasteiger partial charge >= 0.3 is 0 Å². The fourth-order valence-electron chi connectivity index (χ4n) is 5.20. The van der Waals surface area contributed by atoms with Crippen molar-refractivity contribution in [3.8, 4) is 11.5 Å². The molecule has 1 aliphatic heterocycles. The van der Waals surface area contributed by atoms with Crippen LogP contribution in [0.25, 0.3) is 6.08 Å². The number of ether oxygens (including phenoxy) is 2. The number of carbonyl (C=O) groups is 1. The van der Waals surface area contributed by atoms with Crippen molar-refractivity contribution in [3.63, 3.8) is 0 Å². The lowest BCUT2D eigenvalue weighted by Gasteiger charge is -2.25. The van der Waals surface area contributed by atoms with Crippen molar-refractivity contribution in [2.75, 3.05) is 12.4 Å². The summed E-state index contributed by atoms with van der Waals surface area (Å²) in [6.07, 6.45) is 1.85. The lowest BCUT2D eigenvalue weighted by atomic mass is 9.95. The second-order valence-electron chi connectivity index (χ2n) is 10.5. The van der Waals surface area contributed by atoms with Crippen LogP contribution in [-0.4, -0.2) is 17.6 Å². The number of methoxy groups -OCH3 is 1. The van der Waals surface area contributed by atoms with E-state index in [0.717, 1.165) is 29.6 Å². The van der Waals surface area contributed by atoms with Gasteiger partial charge in [-0.1, -0.05) is 70.9 Å². The van der Waals surface area contributed by atoms with E-state index in [0.29, 0.717) is 48.7 Å². The summed E-state index contributed by atoms with van der Waals surface area (Å²) in [5.41, 5.74) is 3.78. The molecule has 0 spiro atoms. The minimum atomic E-state index is -0.718. The first-order valence-corrected chi connectivity index (χ1v) is 17.9. The number of rotatable bonds is 8. The molecule has 1 aromatic heterocycles. The van der Waals surface area contributed by atoms with E-state index in [2.05, 4.69) is 50.5 Å². The van der Waals surface area contributed by atoms with Gasteiger partial charge in [-0.05, 0) is 123 Å². The Labute approximate surface area is 311 Å². The van der Waals surface area contributed by atoms with Crippen molar-refractivity contribution in [3.05, 3.63) is 150 Å². The third kappa shape index (κ3) is 7.31. The van der Waals surface area contributed by atoms with Crippen LogP contribution in [0.3, 0.4) is 0 Å². The molecule has 1 aliphatic rings. The molecule has 1 atom stereocenters. The van der Waals surface area contributed by atoms with Crippen LogP contribution < -0.4 is 29.7 Å². The average Bonchev–Trinajstić information content (AvgIpc) is 3.35. The predicted octanol–water partition coefficient (Wildman–Crippen LogP) is 7.98. The molecule has 1 amide bonds. The van der Waals surface area contributed by atoms with Gasteiger partial charge < -0.3 is 14.8 Å². The van der Waals surface area contributed by atoms with Gasteiger partial charge in [-0.15, -0.1) is 0 Å². The van der Waals surface area contributed by atoms with E-state index in [9.17, 15) is 9.59 Å². The molecule has 0 radical (unpaired) electrons. The first-order valence-electron chi connectivity index (χ1n) is 14.2. The Bertz CT molecular complexity index is 2210. The number of para-hydroxylation sites is 1. The number of hydrogen-bond acceptors (Lipinski definition) is 6. The highest BCUT2D eigenvalue weighted by atomic mass is 127. The molecule has 5 aromatic rings. The van der Waals surface area contributed by atoms with Crippen molar-refractivity contribution in [2.45, 2.75) is 19.6 Å². The van der Waals surface area contributed by atoms with Gasteiger partial charge in [-0.2, -0.15) is 0 Å². The summed E-state index contributed by atoms with van der Waals surface area (Å²) in [6, 6.07) is 25.2. The highest BCUT2D eigenvalue weighted by molar-refractivity contribution is 14.1. The summed E-state index contributed by atoms with van der Waals surface area (Å²) in [7, 11) is 1.58. The largest absolute Gasteiger partial charge is 0.497 e. The van der Waals surface area contributed by atoms with E-state index in [1.54, 1.807) is 30.7 Å². The van der Waals surface area contributed by atoms with Gasteiger partial charge in [0.1, 0.15) is 18.1 Å². The third-order valence-corrected chi connectivity index (χ3v) is 10.7. The Kier molecular flexibility index (Phi) is 10.4. The highest BCUT2D eigenvalue weighted by Crippen LogP contribution is 2.33. The van der Waals surface area contributed by atoms with Crippen molar-refractivity contribution < 1.29 is 14.3 Å². The standard InChI is InChI=1S/C35H25Cl2I2N3O4S/c1-19-30(33(43)41-23-8-4-3-5-9-23)31(22-7-6-10-24(17-22)45-2)42-34(44)29(47-35(42)40-19)16-21-14-27(38)32(28(39)15-21)46-18-20-11-12-25(36)26(37)13-20/h3-17,31H,18H2,1-2H3,(H,41,43)/b29-16-/t31-/m1/s1.